The van der Waals surface area contributed by atoms with E-state index < -0.39 is 0 Å². The number of piperidine rings is 1. The summed E-state index contributed by atoms with van der Waals surface area (Å²) in [5, 5.41) is 7.78. The maximum absolute atomic E-state index is 5.09. The number of ether oxygens (including phenoxy) is 1. The Labute approximate surface area is 125 Å². The molecule has 2 aromatic heterocycles. The summed E-state index contributed by atoms with van der Waals surface area (Å²) in [6, 6.07) is 2.52. The van der Waals surface area contributed by atoms with Crippen molar-refractivity contribution >= 4 is 11.3 Å². The van der Waals surface area contributed by atoms with Gasteiger partial charge in [0.05, 0.1) is 12.8 Å². The third-order valence-electron chi connectivity index (χ3n) is 4.07. The molecule has 1 saturated heterocycles. The van der Waals surface area contributed by atoms with E-state index in [1.54, 1.807) is 7.11 Å². The molecular weight excluding hydrogens is 266 g/mol. The van der Waals surface area contributed by atoms with Crippen molar-refractivity contribution in [2.75, 3.05) is 38.3 Å². The van der Waals surface area contributed by atoms with Gasteiger partial charge in [0.1, 0.15) is 5.52 Å². The summed E-state index contributed by atoms with van der Waals surface area (Å²) in [5.41, 5.74) is 1.08. The van der Waals surface area contributed by atoms with E-state index in [1.807, 2.05) is 29.2 Å². The van der Waals surface area contributed by atoms with E-state index in [4.69, 9.17) is 4.74 Å². The van der Waals surface area contributed by atoms with Crippen LogP contribution in [0.1, 0.15) is 19.3 Å². The summed E-state index contributed by atoms with van der Waals surface area (Å²) >= 11 is 0. The van der Waals surface area contributed by atoms with Crippen molar-refractivity contribution in [3.05, 3.63) is 24.7 Å². The molecule has 3 rings (SSSR count). The second-order valence-corrected chi connectivity index (χ2v) is 5.45. The summed E-state index contributed by atoms with van der Waals surface area (Å²) in [5.74, 6) is 1.05. The molecule has 1 N–H and O–H groups in total. The molecule has 1 unspecified atom stereocenters. The highest BCUT2D eigenvalue weighted by Crippen LogP contribution is 2.26. The van der Waals surface area contributed by atoms with Crippen LogP contribution in [0.4, 0.5) is 5.82 Å². The van der Waals surface area contributed by atoms with Gasteiger partial charge in [-0.2, -0.15) is 5.10 Å². The first kappa shape index (κ1) is 14.3. The van der Waals surface area contributed by atoms with E-state index in [0.29, 0.717) is 6.04 Å². The molecule has 0 aromatic carbocycles. The summed E-state index contributed by atoms with van der Waals surface area (Å²) in [6.07, 6.45) is 9.28. The van der Waals surface area contributed by atoms with Crippen molar-refractivity contribution in [2.24, 2.45) is 0 Å². The first-order chi connectivity index (χ1) is 10.4. The zero-order valence-corrected chi connectivity index (χ0v) is 12.5. The van der Waals surface area contributed by atoms with Gasteiger partial charge in [-0.15, -0.1) is 0 Å². The third kappa shape index (κ3) is 3.16. The van der Waals surface area contributed by atoms with Crippen LogP contribution in [-0.4, -0.2) is 54.0 Å². The minimum atomic E-state index is 0.490. The van der Waals surface area contributed by atoms with Gasteiger partial charge in [0, 0.05) is 45.2 Å². The monoisotopic (exact) mass is 289 g/mol. The quantitative estimate of drug-likeness (QED) is 0.813. The molecule has 0 saturated carbocycles. The van der Waals surface area contributed by atoms with E-state index in [0.717, 1.165) is 37.6 Å². The van der Waals surface area contributed by atoms with Crippen molar-refractivity contribution in [1.29, 1.82) is 0 Å². The van der Waals surface area contributed by atoms with Crippen LogP contribution in [0.5, 0.6) is 0 Å². The first-order valence-corrected chi connectivity index (χ1v) is 7.65. The van der Waals surface area contributed by atoms with Crippen LogP contribution in [0.25, 0.3) is 5.52 Å². The Hall–Kier alpha value is -1.66. The predicted octanol–water partition coefficient (Wildman–Crippen LogP) is 1.32. The fourth-order valence-corrected chi connectivity index (χ4v) is 3.00. The minimum Gasteiger partial charge on any atom is -0.383 e. The molecule has 6 nitrogen and oxygen atoms in total. The lowest BCUT2D eigenvalue weighted by molar-refractivity contribution is 0.198. The van der Waals surface area contributed by atoms with E-state index >= 15 is 0 Å². The maximum atomic E-state index is 5.09. The van der Waals surface area contributed by atoms with Crippen molar-refractivity contribution in [3.63, 3.8) is 0 Å². The van der Waals surface area contributed by atoms with E-state index in [2.05, 4.69) is 20.3 Å². The van der Waals surface area contributed by atoms with Crippen molar-refractivity contribution in [3.8, 4) is 0 Å². The summed E-state index contributed by atoms with van der Waals surface area (Å²) in [6.45, 7) is 3.68. The van der Waals surface area contributed by atoms with Gasteiger partial charge in [-0.25, -0.2) is 9.50 Å². The van der Waals surface area contributed by atoms with Crippen molar-refractivity contribution < 1.29 is 4.74 Å². The molecule has 0 bridgehead atoms. The third-order valence-corrected chi connectivity index (χ3v) is 4.07. The van der Waals surface area contributed by atoms with Crippen LogP contribution in [0.15, 0.2) is 24.7 Å². The van der Waals surface area contributed by atoms with Crippen molar-refractivity contribution in [2.45, 2.75) is 25.3 Å². The highest BCUT2D eigenvalue weighted by atomic mass is 16.5. The number of nitrogens with one attached hydrogen (secondary N) is 1. The molecule has 0 spiro atoms. The van der Waals surface area contributed by atoms with Gasteiger partial charge in [0.25, 0.3) is 0 Å². The summed E-state index contributed by atoms with van der Waals surface area (Å²) in [4.78, 5) is 7.04. The average molecular weight is 289 g/mol. The molecular formula is C15H23N5O. The smallest absolute Gasteiger partial charge is 0.154 e. The normalized spacial score (nSPS) is 19.3. The summed E-state index contributed by atoms with van der Waals surface area (Å²) in [7, 11) is 1.73. The molecule has 1 atom stereocenters. The molecule has 0 radical (unpaired) electrons. The Morgan fingerprint density at radius 3 is 3.24 bits per heavy atom. The Morgan fingerprint density at radius 2 is 2.33 bits per heavy atom. The topological polar surface area (TPSA) is 54.7 Å². The van der Waals surface area contributed by atoms with Gasteiger partial charge in [-0.1, -0.05) is 0 Å². The molecule has 1 fully saturated rings. The second-order valence-electron chi connectivity index (χ2n) is 5.45. The molecule has 1 aliphatic heterocycles. The van der Waals surface area contributed by atoms with E-state index in [-0.39, 0.29) is 0 Å². The number of hydrogen-bond donors (Lipinski definition) is 1. The Kier molecular flexibility index (Phi) is 4.67. The lowest BCUT2D eigenvalue weighted by atomic mass is 10.0. The Morgan fingerprint density at radius 1 is 1.38 bits per heavy atom. The number of hydrogen-bond acceptors (Lipinski definition) is 5. The standard InChI is InChI=1S/C15H23N5O/c1-21-11-8-16-12-13-4-2-3-9-19(13)15-14-5-6-18-20(14)10-7-17-15/h5-7,10,13,16H,2-4,8-9,11-12H2,1H3. The van der Waals surface area contributed by atoms with Crippen LogP contribution in [0, 0.1) is 0 Å². The fourth-order valence-electron chi connectivity index (χ4n) is 3.00. The first-order valence-electron chi connectivity index (χ1n) is 7.65. The molecule has 0 amide bonds. The van der Waals surface area contributed by atoms with E-state index in [1.165, 1.54) is 19.3 Å². The van der Waals surface area contributed by atoms with Crippen LogP contribution in [0.2, 0.25) is 0 Å². The van der Waals surface area contributed by atoms with Gasteiger partial charge in [-0.3, -0.25) is 0 Å². The van der Waals surface area contributed by atoms with Crippen LogP contribution < -0.4 is 10.2 Å². The zero-order valence-electron chi connectivity index (χ0n) is 12.5. The summed E-state index contributed by atoms with van der Waals surface area (Å²) < 4.78 is 6.99. The lowest BCUT2D eigenvalue weighted by Crippen LogP contribution is -2.46. The number of fused-ring (bicyclic) bond motifs is 1. The number of nitrogens with zero attached hydrogens (tertiary/aromatic N) is 4. The minimum absolute atomic E-state index is 0.490. The van der Waals surface area contributed by atoms with Gasteiger partial charge < -0.3 is 15.0 Å². The molecule has 2 aromatic rings. The number of aromatic nitrogens is 3. The van der Waals surface area contributed by atoms with Gasteiger partial charge in [0.15, 0.2) is 5.82 Å². The van der Waals surface area contributed by atoms with Crippen LogP contribution in [0.3, 0.4) is 0 Å². The number of anilines is 1. The average Bonchev–Trinajstić information content (AvgIpc) is 3.00. The predicted molar refractivity (Wildman–Crippen MR) is 82.7 cm³/mol. The van der Waals surface area contributed by atoms with Crippen molar-refractivity contribution in [1.82, 2.24) is 19.9 Å². The largest absolute Gasteiger partial charge is 0.383 e. The molecule has 114 valence electrons. The molecule has 0 aliphatic carbocycles. The van der Waals surface area contributed by atoms with Crippen LogP contribution >= 0.6 is 0 Å². The second kappa shape index (κ2) is 6.87. The molecule has 1 aliphatic rings. The molecule has 6 heteroatoms. The molecule has 3 heterocycles. The Balaban J connectivity index is 1.75. The zero-order chi connectivity index (χ0) is 14.5. The van der Waals surface area contributed by atoms with Gasteiger partial charge >= 0.3 is 0 Å². The van der Waals surface area contributed by atoms with Gasteiger partial charge in [-0.05, 0) is 25.3 Å². The Bertz CT molecular complexity index is 570. The lowest BCUT2D eigenvalue weighted by Gasteiger charge is -2.37. The maximum Gasteiger partial charge on any atom is 0.154 e. The highest BCUT2D eigenvalue weighted by molar-refractivity contribution is 5.68. The molecule has 21 heavy (non-hydrogen) atoms. The fraction of sp³-hybridized carbons (Fsp3) is 0.600. The van der Waals surface area contributed by atoms with Crippen LogP contribution in [-0.2, 0) is 4.74 Å². The SMILES string of the molecule is COCCNCC1CCCCN1c1nccn2nccc12. The van der Waals surface area contributed by atoms with Gasteiger partial charge in [0.2, 0.25) is 0 Å². The van der Waals surface area contributed by atoms with E-state index in [9.17, 15) is 0 Å². The number of rotatable bonds is 6. The number of methoxy groups -OCH3 is 1. The highest BCUT2D eigenvalue weighted by Gasteiger charge is 2.24.